The molecule has 0 saturated carbocycles. The summed E-state index contributed by atoms with van der Waals surface area (Å²) in [6, 6.07) is 2.03. The van der Waals surface area contributed by atoms with Gasteiger partial charge in [-0.1, -0.05) is 6.92 Å². The van der Waals surface area contributed by atoms with Gasteiger partial charge in [-0.25, -0.2) is 18.5 Å². The van der Waals surface area contributed by atoms with Gasteiger partial charge in [0.2, 0.25) is 0 Å². The number of benzene rings is 1. The summed E-state index contributed by atoms with van der Waals surface area (Å²) in [5.74, 6) is -0.973. The number of nitrogens with zero attached hydrogens (tertiary/aromatic N) is 3. The summed E-state index contributed by atoms with van der Waals surface area (Å²) < 4.78 is 25.3. The first-order valence-corrected chi connectivity index (χ1v) is 8.09. The number of ether oxygens (including phenoxy) is 2. The number of carbonyl (C=O) groups excluding carboxylic acids is 1. The maximum atomic E-state index is 14.5. The lowest BCUT2D eigenvalue weighted by molar-refractivity contribution is -0.121. The highest BCUT2D eigenvalue weighted by atomic mass is 19.1. The van der Waals surface area contributed by atoms with Gasteiger partial charge in [0, 0.05) is 12.6 Å². The van der Waals surface area contributed by atoms with Crippen molar-refractivity contribution in [3.05, 3.63) is 38.9 Å². The molecule has 10 heteroatoms. The summed E-state index contributed by atoms with van der Waals surface area (Å²) in [6.45, 7) is 3.95. The van der Waals surface area contributed by atoms with Crippen LogP contribution in [-0.2, 0) is 4.79 Å². The number of aromatic nitrogens is 3. The van der Waals surface area contributed by atoms with E-state index in [9.17, 15) is 18.8 Å². The lowest BCUT2D eigenvalue weighted by Gasteiger charge is -2.29. The van der Waals surface area contributed by atoms with E-state index in [0.717, 1.165) is 6.07 Å². The van der Waals surface area contributed by atoms with Gasteiger partial charge < -0.3 is 14.4 Å². The lowest BCUT2D eigenvalue weighted by atomic mass is 10.2. The number of halogens is 1. The second-order valence-electron chi connectivity index (χ2n) is 5.50. The number of amides is 1. The number of hydrogen-bond acceptors (Lipinski definition) is 6. The molecule has 0 aliphatic carbocycles. The van der Waals surface area contributed by atoms with Crippen LogP contribution in [0.4, 0.5) is 10.1 Å². The number of H-pyrrole nitrogens is 1. The van der Waals surface area contributed by atoms with Crippen molar-refractivity contribution in [1.29, 1.82) is 0 Å². The van der Waals surface area contributed by atoms with E-state index in [1.807, 2.05) is 6.92 Å². The van der Waals surface area contributed by atoms with Gasteiger partial charge in [-0.05, 0) is 19.4 Å². The van der Waals surface area contributed by atoms with Crippen molar-refractivity contribution in [1.82, 2.24) is 14.5 Å². The zero-order chi connectivity index (χ0) is 18.8. The van der Waals surface area contributed by atoms with Crippen LogP contribution < -0.4 is 25.8 Å². The number of rotatable bonds is 5. The first kappa shape index (κ1) is 17.6. The molecule has 26 heavy (non-hydrogen) atoms. The van der Waals surface area contributed by atoms with Crippen LogP contribution in [0.1, 0.15) is 20.3 Å². The fraction of sp³-hybridized carbons (Fsp3) is 0.375. The molecule has 1 N–H and O–H groups in total. The molecule has 3 rings (SSSR count). The Bertz CT molecular complexity index is 937. The predicted octanol–water partition coefficient (Wildman–Crippen LogP) is 0.594. The third kappa shape index (κ3) is 3.05. The maximum Gasteiger partial charge on any atom is 0.361 e. The quantitative estimate of drug-likeness (QED) is 0.832. The second-order valence-corrected chi connectivity index (χ2v) is 5.50. The molecule has 1 aromatic heterocycles. The van der Waals surface area contributed by atoms with Crippen molar-refractivity contribution in [2.45, 2.75) is 20.3 Å². The van der Waals surface area contributed by atoms with E-state index >= 15 is 0 Å². The van der Waals surface area contributed by atoms with Gasteiger partial charge in [0.25, 0.3) is 5.91 Å². The fourth-order valence-corrected chi connectivity index (χ4v) is 2.67. The summed E-state index contributed by atoms with van der Waals surface area (Å²) in [5, 5.41) is 0. The number of carbonyl (C=O) groups is 1. The summed E-state index contributed by atoms with van der Waals surface area (Å²) >= 11 is 0. The Morgan fingerprint density at radius 3 is 2.69 bits per heavy atom. The van der Waals surface area contributed by atoms with E-state index < -0.39 is 17.2 Å². The molecular weight excluding hydrogens is 347 g/mol. The van der Waals surface area contributed by atoms with Gasteiger partial charge in [0.05, 0.1) is 18.0 Å². The molecule has 2 aromatic rings. The Morgan fingerprint density at radius 1 is 1.27 bits per heavy atom. The van der Waals surface area contributed by atoms with Crippen molar-refractivity contribution in [2.24, 2.45) is 0 Å². The van der Waals surface area contributed by atoms with Crippen LogP contribution in [0.2, 0.25) is 0 Å². The highest BCUT2D eigenvalue weighted by Crippen LogP contribution is 2.35. The van der Waals surface area contributed by atoms with E-state index in [1.54, 1.807) is 6.92 Å². The van der Waals surface area contributed by atoms with Gasteiger partial charge in [-0.3, -0.25) is 9.78 Å². The predicted molar refractivity (Wildman–Crippen MR) is 89.7 cm³/mol. The maximum absolute atomic E-state index is 14.5. The minimum atomic E-state index is -0.999. The first-order valence-electron chi connectivity index (χ1n) is 8.09. The molecule has 0 fully saturated rings. The Morgan fingerprint density at radius 2 is 2.04 bits per heavy atom. The van der Waals surface area contributed by atoms with Gasteiger partial charge in [-0.2, -0.15) is 0 Å². The molecule has 1 aromatic carbocycles. The minimum absolute atomic E-state index is 0.169. The molecule has 2 heterocycles. The molecule has 9 nitrogen and oxygen atoms in total. The zero-order valence-corrected chi connectivity index (χ0v) is 14.2. The Kier molecular flexibility index (Phi) is 4.74. The Hall–Kier alpha value is -3.17. The molecule has 0 bridgehead atoms. The van der Waals surface area contributed by atoms with Crippen molar-refractivity contribution in [3.63, 3.8) is 0 Å². The second kappa shape index (κ2) is 6.98. The highest BCUT2D eigenvalue weighted by molar-refractivity contribution is 5.98. The Balaban J connectivity index is 2.17. The van der Waals surface area contributed by atoms with Crippen LogP contribution in [-0.4, -0.2) is 40.2 Å². The van der Waals surface area contributed by atoms with Gasteiger partial charge in [0.1, 0.15) is 5.75 Å². The summed E-state index contributed by atoms with van der Waals surface area (Å²) in [5.41, 5.74) is -1.94. The average Bonchev–Trinajstić information content (AvgIpc) is 2.58. The zero-order valence-electron chi connectivity index (χ0n) is 14.2. The van der Waals surface area contributed by atoms with Gasteiger partial charge in [0.15, 0.2) is 12.4 Å². The molecule has 0 unspecified atom stereocenters. The molecule has 1 amide bonds. The molecule has 0 radical (unpaired) electrons. The van der Waals surface area contributed by atoms with Crippen molar-refractivity contribution in [3.8, 4) is 17.4 Å². The van der Waals surface area contributed by atoms with E-state index in [-0.39, 0.29) is 36.6 Å². The molecular formula is C16H17FN4O5. The minimum Gasteiger partial charge on any atom is -0.481 e. The number of fused-ring (bicyclic) bond motifs is 1. The number of aromatic amines is 1. The molecule has 0 saturated heterocycles. The fourth-order valence-electron chi connectivity index (χ4n) is 2.67. The van der Waals surface area contributed by atoms with Crippen molar-refractivity contribution >= 4 is 11.6 Å². The molecule has 0 atom stereocenters. The van der Waals surface area contributed by atoms with Crippen LogP contribution >= 0.6 is 0 Å². The third-order valence-corrected chi connectivity index (χ3v) is 3.75. The van der Waals surface area contributed by atoms with Crippen molar-refractivity contribution < 1.29 is 18.7 Å². The summed E-state index contributed by atoms with van der Waals surface area (Å²) in [7, 11) is 0. The standard InChI is InChI=1S/C16H17FN4O5/c1-3-5-20-11-7-10(9(17)6-12(11)26-8-13(20)22)21-15(23)18-14(25-4-2)19-16(21)24/h6-7H,3-5,8H2,1-2H3,(H,18,19,23,24). The smallest absolute Gasteiger partial charge is 0.361 e. The average molecular weight is 364 g/mol. The monoisotopic (exact) mass is 364 g/mol. The number of nitrogens with one attached hydrogen (secondary N) is 1. The summed E-state index contributed by atoms with van der Waals surface area (Å²) in [6.07, 6.45) is 0.670. The molecule has 1 aliphatic heterocycles. The van der Waals surface area contributed by atoms with E-state index in [0.29, 0.717) is 23.2 Å². The molecule has 1 aliphatic rings. The van der Waals surface area contributed by atoms with Gasteiger partial charge in [-0.15, -0.1) is 4.98 Å². The molecule has 0 spiro atoms. The van der Waals surface area contributed by atoms with Crippen LogP contribution in [0.3, 0.4) is 0 Å². The number of hydrogen-bond donors (Lipinski definition) is 1. The normalized spacial score (nSPS) is 13.3. The largest absolute Gasteiger partial charge is 0.481 e. The van der Waals surface area contributed by atoms with Crippen LogP contribution in [0.25, 0.3) is 5.69 Å². The third-order valence-electron chi connectivity index (χ3n) is 3.75. The van der Waals surface area contributed by atoms with Crippen LogP contribution in [0.15, 0.2) is 21.7 Å². The first-order chi connectivity index (χ1) is 12.5. The van der Waals surface area contributed by atoms with Gasteiger partial charge >= 0.3 is 17.4 Å². The van der Waals surface area contributed by atoms with E-state index in [4.69, 9.17) is 9.47 Å². The lowest BCUT2D eigenvalue weighted by Crippen LogP contribution is -2.40. The van der Waals surface area contributed by atoms with Crippen LogP contribution in [0.5, 0.6) is 11.8 Å². The van der Waals surface area contributed by atoms with E-state index in [2.05, 4.69) is 9.97 Å². The Labute approximate surface area is 147 Å². The van der Waals surface area contributed by atoms with Crippen molar-refractivity contribution in [2.75, 3.05) is 24.7 Å². The number of anilines is 1. The topological polar surface area (TPSA) is 107 Å². The molecule has 138 valence electrons. The SMILES string of the molecule is CCCN1C(=O)COc2cc(F)c(-n3c(=O)nc(OCC)[nH]c3=O)cc21. The van der Waals surface area contributed by atoms with E-state index in [1.165, 1.54) is 11.0 Å². The summed E-state index contributed by atoms with van der Waals surface area (Å²) in [4.78, 5) is 43.8. The highest BCUT2D eigenvalue weighted by Gasteiger charge is 2.27. The van der Waals surface area contributed by atoms with Crippen LogP contribution in [0, 0.1) is 5.82 Å².